The van der Waals surface area contributed by atoms with Crippen molar-refractivity contribution >= 4 is 46.5 Å². The summed E-state index contributed by atoms with van der Waals surface area (Å²) >= 11 is 1.76. The normalized spacial score (nSPS) is 23.3. The number of benzene rings is 1. The highest BCUT2D eigenvalue weighted by Crippen LogP contribution is 2.58. The zero-order valence-electron chi connectivity index (χ0n) is 14.0. The number of rotatable bonds is 1. The molecule has 2 saturated heterocycles. The van der Waals surface area contributed by atoms with Crippen LogP contribution in [-0.4, -0.2) is 18.5 Å². The lowest BCUT2D eigenvalue weighted by molar-refractivity contribution is -0.148. The van der Waals surface area contributed by atoms with Gasteiger partial charge in [0.05, 0.1) is 5.56 Å². The summed E-state index contributed by atoms with van der Waals surface area (Å²) in [6, 6.07) is 3.34. The first kappa shape index (κ1) is 18.4. The van der Waals surface area contributed by atoms with Gasteiger partial charge in [-0.3, -0.25) is 9.59 Å². The summed E-state index contributed by atoms with van der Waals surface area (Å²) in [5.41, 5.74) is -3.12. The predicted octanol–water partition coefficient (Wildman–Crippen LogP) is 3.24. The maximum atomic E-state index is 13.2. The molecule has 2 fully saturated rings. The fourth-order valence-corrected chi connectivity index (χ4v) is 4.68. The summed E-state index contributed by atoms with van der Waals surface area (Å²) in [5.74, 6) is -0.851. The first-order chi connectivity index (χ1) is 11.2. The van der Waals surface area contributed by atoms with Crippen LogP contribution in [-0.2, 0) is 25.1 Å². The molecule has 2 aliphatic heterocycles. The van der Waals surface area contributed by atoms with Crippen LogP contribution >= 0.6 is 22.6 Å². The molecule has 0 saturated carbocycles. The Morgan fingerprint density at radius 2 is 1.48 bits per heavy atom. The number of carbonyl (C=O) groups is 2. The van der Waals surface area contributed by atoms with Gasteiger partial charge in [0.1, 0.15) is 0 Å². The highest BCUT2D eigenvalue weighted by atomic mass is 127. The number of halogens is 4. The molecule has 0 aromatic heterocycles. The van der Waals surface area contributed by atoms with Gasteiger partial charge in [-0.25, -0.2) is 0 Å². The lowest BCUT2D eigenvalue weighted by atomic mass is 9.36. The van der Waals surface area contributed by atoms with E-state index in [4.69, 9.17) is 9.31 Å². The third kappa shape index (κ3) is 2.45. The second-order valence-corrected chi connectivity index (χ2v) is 8.70. The molecule has 0 amide bonds. The van der Waals surface area contributed by atoms with Gasteiger partial charge in [-0.1, -0.05) is 17.6 Å². The summed E-state index contributed by atoms with van der Waals surface area (Å²) in [4.78, 5) is 24.8. The topological polar surface area (TPSA) is 52.6 Å². The van der Waals surface area contributed by atoms with Crippen LogP contribution < -0.4 is 5.46 Å². The monoisotopic (exact) mass is 466 g/mol. The molecule has 1 aromatic rings. The van der Waals surface area contributed by atoms with E-state index in [0.29, 0.717) is 9.39 Å². The van der Waals surface area contributed by atoms with Gasteiger partial charge in [0.25, 0.3) is 0 Å². The van der Waals surface area contributed by atoms with Crippen molar-refractivity contribution in [3.63, 3.8) is 0 Å². The van der Waals surface area contributed by atoms with Gasteiger partial charge in [0, 0.05) is 9.39 Å². The molecular formula is C16H15BF3IO4. The summed E-state index contributed by atoms with van der Waals surface area (Å²) < 4.78 is 50.9. The molecule has 0 atom stereocenters. The SMILES string of the molecule is CC1(C)C(=O)O[B-]2(c3cc(I)cc(C(F)(F)F)c3)OC(=O)C(C)(C)[C+]21. The van der Waals surface area contributed by atoms with Gasteiger partial charge >= 0.3 is 24.7 Å². The third-order valence-electron chi connectivity index (χ3n) is 4.98. The number of hydrogen-bond donors (Lipinski definition) is 0. The molecule has 0 N–H and O–H groups in total. The van der Waals surface area contributed by atoms with Crippen LogP contribution in [0.3, 0.4) is 0 Å². The molecule has 4 nitrogen and oxygen atoms in total. The Balaban J connectivity index is 2.27. The Morgan fingerprint density at radius 3 is 1.92 bits per heavy atom. The minimum Gasteiger partial charge on any atom is -0.609 e. The second-order valence-electron chi connectivity index (χ2n) is 7.46. The minimum absolute atomic E-state index is 0.0482. The van der Waals surface area contributed by atoms with E-state index in [1.54, 1.807) is 50.3 Å². The van der Waals surface area contributed by atoms with Crippen molar-refractivity contribution < 1.29 is 32.1 Å². The molecule has 9 heteroatoms. The quantitative estimate of drug-likeness (QED) is 0.363. The summed E-state index contributed by atoms with van der Waals surface area (Å²) in [6.45, 7) is 3.60. The van der Waals surface area contributed by atoms with Crippen molar-refractivity contribution in [2.75, 3.05) is 0 Å². The molecule has 134 valence electrons. The van der Waals surface area contributed by atoms with Gasteiger partial charge in [0.2, 0.25) is 0 Å². The maximum absolute atomic E-state index is 13.2. The van der Waals surface area contributed by atoms with Crippen LogP contribution in [0, 0.1) is 20.2 Å². The standard InChI is InChI=1S/C16H15BF3IO4/c1-14(2)11-15(3,4)13(23)25-17(11,24-12(14)22)9-5-8(16(18,19)20)6-10(21)7-9/h5-7H,1-4H3. The van der Waals surface area contributed by atoms with Crippen molar-refractivity contribution in [2.45, 2.75) is 33.9 Å². The van der Waals surface area contributed by atoms with E-state index >= 15 is 0 Å². The maximum Gasteiger partial charge on any atom is 0.589 e. The highest BCUT2D eigenvalue weighted by Gasteiger charge is 2.80. The van der Waals surface area contributed by atoms with Crippen molar-refractivity contribution in [3.05, 3.63) is 33.1 Å². The van der Waals surface area contributed by atoms with E-state index < -0.39 is 41.1 Å². The number of hydrogen-bond acceptors (Lipinski definition) is 4. The summed E-state index contributed by atoms with van der Waals surface area (Å²) in [5, 5.41) is 0. The first-order valence-electron chi connectivity index (χ1n) is 7.60. The van der Waals surface area contributed by atoms with Crippen LogP contribution in [0.5, 0.6) is 0 Å². The minimum atomic E-state index is -4.57. The van der Waals surface area contributed by atoms with Gasteiger partial charge in [-0.15, -0.1) is 0 Å². The van der Waals surface area contributed by atoms with Crippen LogP contribution in [0.1, 0.15) is 33.3 Å². The molecule has 1 aromatic carbocycles. The van der Waals surface area contributed by atoms with Crippen LogP contribution in [0.2, 0.25) is 0 Å². The lowest BCUT2D eigenvalue weighted by Gasteiger charge is -2.29. The average molecular weight is 466 g/mol. The second kappa shape index (κ2) is 5.08. The summed E-state index contributed by atoms with van der Waals surface area (Å²) in [7, 11) is 0. The van der Waals surface area contributed by atoms with Gasteiger partial charge < -0.3 is 9.31 Å². The lowest BCUT2D eigenvalue weighted by Crippen LogP contribution is -2.55. The number of fused-ring (bicyclic) bond motifs is 1. The largest absolute Gasteiger partial charge is 0.609 e. The average Bonchev–Trinajstić information content (AvgIpc) is 2.77. The molecular weight excluding hydrogens is 451 g/mol. The zero-order chi connectivity index (χ0) is 19.0. The third-order valence-corrected chi connectivity index (χ3v) is 5.60. The Bertz CT molecular complexity index is 758. The van der Waals surface area contributed by atoms with Gasteiger partial charge in [-0.2, -0.15) is 13.2 Å². The molecule has 0 bridgehead atoms. The van der Waals surface area contributed by atoms with E-state index in [0.717, 1.165) is 12.1 Å². The van der Waals surface area contributed by atoms with E-state index in [-0.39, 0.29) is 5.46 Å². The smallest absolute Gasteiger partial charge is 0.589 e. The fraction of sp³-hybridized carbons (Fsp3) is 0.438. The Hall–Kier alpha value is -1.39. The van der Waals surface area contributed by atoms with E-state index in [9.17, 15) is 22.8 Å². The molecule has 0 unspecified atom stereocenters. The fourth-order valence-electron chi connectivity index (χ4n) is 3.99. The van der Waals surface area contributed by atoms with E-state index in [2.05, 4.69) is 0 Å². The van der Waals surface area contributed by atoms with Crippen molar-refractivity contribution in [1.82, 2.24) is 0 Å². The van der Waals surface area contributed by atoms with E-state index in [1.807, 2.05) is 0 Å². The van der Waals surface area contributed by atoms with Crippen LogP contribution in [0.4, 0.5) is 13.2 Å². The van der Waals surface area contributed by atoms with Crippen molar-refractivity contribution in [2.24, 2.45) is 10.8 Å². The molecule has 25 heavy (non-hydrogen) atoms. The molecule has 0 radical (unpaired) electrons. The van der Waals surface area contributed by atoms with Gasteiger partial charge in [-0.05, 0) is 56.4 Å². The van der Waals surface area contributed by atoms with Crippen molar-refractivity contribution in [3.8, 4) is 0 Å². The summed E-state index contributed by atoms with van der Waals surface area (Å²) in [6.07, 6.45) is -4.57. The zero-order valence-corrected chi connectivity index (χ0v) is 16.1. The number of carbonyl (C=O) groups excluding carboxylic acids is 2. The van der Waals surface area contributed by atoms with Gasteiger partial charge in [0.15, 0.2) is 10.8 Å². The molecule has 2 heterocycles. The number of alkyl halides is 3. The first-order valence-corrected chi connectivity index (χ1v) is 8.68. The Labute approximate surface area is 156 Å². The highest BCUT2D eigenvalue weighted by molar-refractivity contribution is 14.1. The van der Waals surface area contributed by atoms with Crippen LogP contribution in [0.15, 0.2) is 18.2 Å². The van der Waals surface area contributed by atoms with E-state index in [1.165, 1.54) is 6.07 Å². The predicted molar refractivity (Wildman–Crippen MR) is 92.5 cm³/mol. The van der Waals surface area contributed by atoms with Crippen LogP contribution in [0.25, 0.3) is 0 Å². The molecule has 0 spiro atoms. The Morgan fingerprint density at radius 1 is 1.00 bits per heavy atom. The molecule has 2 aliphatic rings. The molecule has 0 aliphatic carbocycles. The Kier molecular flexibility index (Phi) is 3.74. The van der Waals surface area contributed by atoms with Crippen molar-refractivity contribution in [1.29, 1.82) is 0 Å². The molecule has 3 rings (SSSR count).